The van der Waals surface area contributed by atoms with Gasteiger partial charge in [0.2, 0.25) is 0 Å². The van der Waals surface area contributed by atoms with E-state index >= 15 is 0 Å². The normalized spacial score (nSPS) is 18.1. The molecule has 0 unspecified atom stereocenters. The fourth-order valence-corrected chi connectivity index (χ4v) is 4.04. The lowest BCUT2D eigenvalue weighted by Gasteiger charge is -2.31. The van der Waals surface area contributed by atoms with Gasteiger partial charge in [-0.15, -0.1) is 0 Å². The van der Waals surface area contributed by atoms with Crippen molar-refractivity contribution in [2.75, 3.05) is 19.6 Å². The van der Waals surface area contributed by atoms with Gasteiger partial charge in [0.05, 0.1) is 5.92 Å². The van der Waals surface area contributed by atoms with E-state index in [1.165, 1.54) is 42.7 Å². The molecule has 0 saturated carbocycles. The fraction of sp³-hybridized carbons (Fsp3) is 0.542. The lowest BCUT2D eigenvalue weighted by atomic mass is 9.96. The molecule has 1 aromatic carbocycles. The summed E-state index contributed by atoms with van der Waals surface area (Å²) in [6, 6.07) is 5.44. The van der Waals surface area contributed by atoms with Crippen molar-refractivity contribution < 1.29 is 23.5 Å². The Morgan fingerprint density at radius 2 is 1.87 bits per heavy atom. The molecule has 2 aliphatic rings. The van der Waals surface area contributed by atoms with E-state index in [4.69, 9.17) is 4.74 Å². The molecule has 1 heterocycles. The molecule has 7 heteroatoms. The highest BCUT2D eigenvalue weighted by molar-refractivity contribution is 5.94. The minimum absolute atomic E-state index is 0.173. The Morgan fingerprint density at radius 3 is 2.52 bits per heavy atom. The average Bonchev–Trinajstić information content (AvgIpc) is 2.79. The smallest absolute Gasteiger partial charge is 0.309 e. The number of allylic oxidation sites excluding steroid dienone is 1. The van der Waals surface area contributed by atoms with Crippen molar-refractivity contribution >= 4 is 17.8 Å². The standard InChI is InChI=1S/C24H31FN2O4/c1-17(22(28)26-14-11-18-5-3-2-4-6-18)31-24(30)20-12-15-27(16-13-20)23(29)19-7-9-21(25)10-8-19/h5,7-10,17,20H,2-4,6,11-16H2,1H3,(H,26,28)/t17-/m0/s1. The molecule has 1 atom stereocenters. The first-order valence-corrected chi connectivity index (χ1v) is 11.1. The van der Waals surface area contributed by atoms with E-state index in [9.17, 15) is 18.8 Å². The lowest BCUT2D eigenvalue weighted by molar-refractivity contribution is -0.160. The Morgan fingerprint density at radius 1 is 1.16 bits per heavy atom. The number of halogens is 1. The molecule has 0 bridgehead atoms. The van der Waals surface area contributed by atoms with Crippen molar-refractivity contribution in [2.24, 2.45) is 5.92 Å². The predicted molar refractivity (Wildman–Crippen MR) is 115 cm³/mol. The van der Waals surface area contributed by atoms with Crippen LogP contribution in [0.15, 0.2) is 35.9 Å². The summed E-state index contributed by atoms with van der Waals surface area (Å²) in [4.78, 5) is 38.9. The Balaban J connectivity index is 1.38. The SMILES string of the molecule is C[C@H](OC(=O)C1CCN(C(=O)c2ccc(F)cc2)CC1)C(=O)NCCC1=CCCCC1. The second kappa shape index (κ2) is 11.1. The number of benzene rings is 1. The van der Waals surface area contributed by atoms with Gasteiger partial charge in [-0.2, -0.15) is 0 Å². The predicted octanol–water partition coefficient (Wildman–Crippen LogP) is 3.62. The number of hydrogen-bond donors (Lipinski definition) is 1. The first-order valence-electron chi connectivity index (χ1n) is 11.1. The molecule has 0 aromatic heterocycles. The number of rotatable bonds is 7. The molecule has 0 spiro atoms. The van der Waals surface area contributed by atoms with Gasteiger partial charge in [0.25, 0.3) is 11.8 Å². The van der Waals surface area contributed by atoms with Gasteiger partial charge >= 0.3 is 5.97 Å². The molecule has 2 amide bonds. The van der Waals surface area contributed by atoms with Gasteiger partial charge in [-0.3, -0.25) is 14.4 Å². The van der Waals surface area contributed by atoms with Gasteiger partial charge in [0.1, 0.15) is 5.82 Å². The number of nitrogens with zero attached hydrogens (tertiary/aromatic N) is 1. The second-order valence-corrected chi connectivity index (χ2v) is 8.30. The van der Waals surface area contributed by atoms with E-state index in [2.05, 4.69) is 11.4 Å². The summed E-state index contributed by atoms with van der Waals surface area (Å²) in [6.45, 7) is 2.98. The van der Waals surface area contributed by atoms with E-state index in [0.717, 1.165) is 19.3 Å². The zero-order valence-electron chi connectivity index (χ0n) is 18.1. The number of likely N-dealkylation sites (tertiary alicyclic amines) is 1. The molecule has 1 fully saturated rings. The molecule has 6 nitrogen and oxygen atoms in total. The van der Waals surface area contributed by atoms with E-state index in [-0.39, 0.29) is 23.5 Å². The quantitative estimate of drug-likeness (QED) is 0.530. The minimum Gasteiger partial charge on any atom is -0.452 e. The largest absolute Gasteiger partial charge is 0.452 e. The number of carbonyl (C=O) groups is 3. The minimum atomic E-state index is -0.841. The topological polar surface area (TPSA) is 75.7 Å². The maximum absolute atomic E-state index is 13.0. The third-order valence-corrected chi connectivity index (χ3v) is 6.00. The van der Waals surface area contributed by atoms with Gasteiger partial charge in [0.15, 0.2) is 6.10 Å². The molecule has 1 aliphatic carbocycles. The molecular weight excluding hydrogens is 399 g/mol. The number of nitrogens with one attached hydrogen (secondary N) is 1. The Bertz CT molecular complexity index is 813. The Hall–Kier alpha value is -2.70. The van der Waals surface area contributed by atoms with Crippen molar-refractivity contribution in [2.45, 2.75) is 58.0 Å². The summed E-state index contributed by atoms with van der Waals surface area (Å²) < 4.78 is 18.4. The van der Waals surface area contributed by atoms with Crippen molar-refractivity contribution in [3.8, 4) is 0 Å². The zero-order chi connectivity index (χ0) is 22.2. The van der Waals surface area contributed by atoms with Crippen LogP contribution in [0.25, 0.3) is 0 Å². The van der Waals surface area contributed by atoms with Gasteiger partial charge in [-0.05, 0) is 76.1 Å². The Labute approximate surface area is 182 Å². The highest BCUT2D eigenvalue weighted by Gasteiger charge is 2.30. The van der Waals surface area contributed by atoms with Crippen LogP contribution >= 0.6 is 0 Å². The molecule has 1 aliphatic heterocycles. The fourth-order valence-electron chi connectivity index (χ4n) is 4.04. The lowest BCUT2D eigenvalue weighted by Crippen LogP contribution is -2.42. The number of esters is 1. The molecule has 31 heavy (non-hydrogen) atoms. The van der Waals surface area contributed by atoms with Crippen LogP contribution in [0.3, 0.4) is 0 Å². The second-order valence-electron chi connectivity index (χ2n) is 8.30. The summed E-state index contributed by atoms with van der Waals surface area (Å²) in [5.41, 5.74) is 1.81. The van der Waals surface area contributed by atoms with Gasteiger partial charge < -0.3 is 15.0 Å². The van der Waals surface area contributed by atoms with Crippen LogP contribution in [0.5, 0.6) is 0 Å². The van der Waals surface area contributed by atoms with Crippen LogP contribution in [0.1, 0.15) is 62.2 Å². The molecule has 1 aromatic rings. The first kappa shape index (κ1) is 23.0. The highest BCUT2D eigenvalue weighted by Crippen LogP contribution is 2.22. The van der Waals surface area contributed by atoms with Crippen molar-refractivity contribution in [1.29, 1.82) is 0 Å². The summed E-state index contributed by atoms with van der Waals surface area (Å²) in [6.07, 6.45) is 7.88. The van der Waals surface area contributed by atoms with Crippen molar-refractivity contribution in [3.63, 3.8) is 0 Å². The van der Waals surface area contributed by atoms with Crippen LogP contribution < -0.4 is 5.32 Å². The maximum atomic E-state index is 13.0. The van der Waals surface area contributed by atoms with Crippen molar-refractivity contribution in [3.05, 3.63) is 47.3 Å². The van der Waals surface area contributed by atoms with E-state index in [1.807, 2.05) is 0 Å². The molecule has 3 rings (SSSR count). The van der Waals surface area contributed by atoms with Crippen LogP contribution in [0.4, 0.5) is 4.39 Å². The van der Waals surface area contributed by atoms with Crippen LogP contribution in [-0.2, 0) is 14.3 Å². The number of piperidine rings is 1. The summed E-state index contributed by atoms with van der Waals surface area (Å²) in [5.74, 6) is -1.57. The zero-order valence-corrected chi connectivity index (χ0v) is 18.1. The Kier molecular flexibility index (Phi) is 8.20. The number of carbonyl (C=O) groups excluding carboxylic acids is 3. The third kappa shape index (κ3) is 6.64. The number of hydrogen-bond acceptors (Lipinski definition) is 4. The van der Waals surface area contributed by atoms with Gasteiger partial charge in [-0.1, -0.05) is 11.6 Å². The number of ether oxygens (including phenoxy) is 1. The third-order valence-electron chi connectivity index (χ3n) is 6.00. The average molecular weight is 431 g/mol. The van der Waals surface area contributed by atoms with Crippen LogP contribution in [-0.4, -0.2) is 48.4 Å². The van der Waals surface area contributed by atoms with E-state index in [1.54, 1.807) is 11.8 Å². The van der Waals surface area contributed by atoms with Gasteiger partial charge in [0, 0.05) is 25.2 Å². The maximum Gasteiger partial charge on any atom is 0.309 e. The van der Waals surface area contributed by atoms with Gasteiger partial charge in [-0.25, -0.2) is 4.39 Å². The molecular formula is C24H31FN2O4. The monoisotopic (exact) mass is 430 g/mol. The van der Waals surface area contributed by atoms with Crippen molar-refractivity contribution in [1.82, 2.24) is 10.2 Å². The highest BCUT2D eigenvalue weighted by atomic mass is 19.1. The summed E-state index contributed by atoms with van der Waals surface area (Å²) >= 11 is 0. The molecule has 168 valence electrons. The molecule has 0 radical (unpaired) electrons. The summed E-state index contributed by atoms with van der Waals surface area (Å²) in [5, 5.41) is 2.85. The molecule has 1 saturated heterocycles. The number of amides is 2. The van der Waals surface area contributed by atoms with Crippen LogP contribution in [0.2, 0.25) is 0 Å². The van der Waals surface area contributed by atoms with E-state index in [0.29, 0.717) is 38.0 Å². The summed E-state index contributed by atoms with van der Waals surface area (Å²) in [7, 11) is 0. The van der Waals surface area contributed by atoms with E-state index < -0.39 is 12.1 Å². The molecule has 1 N–H and O–H groups in total. The van der Waals surface area contributed by atoms with Crippen LogP contribution in [0, 0.1) is 11.7 Å². The first-order chi connectivity index (χ1) is 14.9.